The van der Waals surface area contributed by atoms with Crippen LogP contribution in [0.15, 0.2) is 27.6 Å². The average molecular weight is 378 g/mol. The lowest BCUT2D eigenvalue weighted by atomic mass is 10.2. The average Bonchev–Trinajstić information content (AvgIpc) is 2.35. The molecule has 0 fully saturated rings. The van der Waals surface area contributed by atoms with Gasteiger partial charge in [-0.2, -0.15) is 0 Å². The molecule has 0 unspecified atom stereocenters. The first-order chi connectivity index (χ1) is 9.63. The zero-order chi connectivity index (χ0) is 16.2. The van der Waals surface area contributed by atoms with Crippen LogP contribution < -0.4 is 10.1 Å². The number of hydrogen-bond donors (Lipinski definition) is 2. The summed E-state index contributed by atoms with van der Waals surface area (Å²) in [5.74, 6) is -0.181. The highest BCUT2D eigenvalue weighted by atomic mass is 79.9. The molecule has 0 aromatic heterocycles. The fourth-order valence-electron chi connectivity index (χ4n) is 1.47. The van der Waals surface area contributed by atoms with E-state index < -0.39 is 10.0 Å². The molecule has 21 heavy (non-hydrogen) atoms. The Bertz CT molecular complexity index is 615. The van der Waals surface area contributed by atoms with Crippen molar-refractivity contribution in [2.45, 2.75) is 18.7 Å². The minimum Gasteiger partial charge on any atom is -0.285 e. The second-order valence-corrected chi connectivity index (χ2v) is 7.84. The molecule has 118 valence electrons. The van der Waals surface area contributed by atoms with Crippen LogP contribution in [-0.4, -0.2) is 40.0 Å². The van der Waals surface area contributed by atoms with Crippen LogP contribution in [0, 0.1) is 5.92 Å². The Morgan fingerprint density at radius 1 is 1.33 bits per heavy atom. The SMILES string of the molecule is CC(C)CNS(=O)(=O)c1ccc(Br)c(C(=O)NN(C)C)c1. The molecule has 0 aliphatic rings. The summed E-state index contributed by atoms with van der Waals surface area (Å²) in [5, 5.41) is 1.49. The molecule has 1 aromatic rings. The molecule has 1 rings (SSSR count). The zero-order valence-electron chi connectivity index (χ0n) is 12.5. The van der Waals surface area contributed by atoms with Gasteiger partial charge in [0.15, 0.2) is 0 Å². The van der Waals surface area contributed by atoms with E-state index in [1.54, 1.807) is 20.2 Å². The molecule has 2 N–H and O–H groups in total. The fourth-order valence-corrected chi connectivity index (χ4v) is 3.13. The molecule has 0 aliphatic heterocycles. The van der Waals surface area contributed by atoms with Crippen molar-refractivity contribution in [1.29, 1.82) is 0 Å². The van der Waals surface area contributed by atoms with Gasteiger partial charge in [-0.15, -0.1) is 0 Å². The van der Waals surface area contributed by atoms with Crippen LogP contribution in [0.1, 0.15) is 24.2 Å². The molecule has 0 aliphatic carbocycles. The third-order valence-electron chi connectivity index (χ3n) is 2.50. The van der Waals surface area contributed by atoms with E-state index in [2.05, 4.69) is 26.1 Å². The van der Waals surface area contributed by atoms with Crippen LogP contribution >= 0.6 is 15.9 Å². The van der Waals surface area contributed by atoms with Crippen molar-refractivity contribution in [2.24, 2.45) is 5.92 Å². The maximum Gasteiger partial charge on any atom is 0.266 e. The summed E-state index contributed by atoms with van der Waals surface area (Å²) >= 11 is 3.26. The molecule has 0 saturated carbocycles. The van der Waals surface area contributed by atoms with Gasteiger partial charge in [0.2, 0.25) is 10.0 Å². The van der Waals surface area contributed by atoms with Crippen LogP contribution in [0.2, 0.25) is 0 Å². The van der Waals surface area contributed by atoms with Gasteiger partial charge in [0.1, 0.15) is 0 Å². The first-order valence-corrected chi connectivity index (χ1v) is 8.68. The van der Waals surface area contributed by atoms with Gasteiger partial charge in [-0.1, -0.05) is 13.8 Å². The molecule has 0 saturated heterocycles. The van der Waals surface area contributed by atoms with Crippen LogP contribution in [0.3, 0.4) is 0 Å². The summed E-state index contributed by atoms with van der Waals surface area (Å²) in [6.07, 6.45) is 0. The zero-order valence-corrected chi connectivity index (χ0v) is 14.9. The Balaban J connectivity index is 3.09. The predicted molar refractivity (Wildman–Crippen MR) is 85.3 cm³/mol. The largest absolute Gasteiger partial charge is 0.285 e. The maximum absolute atomic E-state index is 12.2. The number of rotatable bonds is 6. The highest BCUT2D eigenvalue weighted by Crippen LogP contribution is 2.21. The third kappa shape index (κ3) is 5.39. The van der Waals surface area contributed by atoms with E-state index in [9.17, 15) is 13.2 Å². The van der Waals surface area contributed by atoms with Gasteiger partial charge in [-0.25, -0.2) is 18.1 Å². The fraction of sp³-hybridized carbons (Fsp3) is 0.462. The number of nitrogens with zero attached hydrogens (tertiary/aromatic N) is 1. The van der Waals surface area contributed by atoms with Gasteiger partial charge in [-0.05, 0) is 40.0 Å². The first kappa shape index (κ1) is 18.1. The third-order valence-corrected chi connectivity index (χ3v) is 4.61. The molecule has 0 radical (unpaired) electrons. The van der Waals surface area contributed by atoms with Crippen LogP contribution in [0.5, 0.6) is 0 Å². The Morgan fingerprint density at radius 3 is 2.48 bits per heavy atom. The van der Waals surface area contributed by atoms with Crippen molar-refractivity contribution in [1.82, 2.24) is 15.2 Å². The van der Waals surface area contributed by atoms with Gasteiger partial charge >= 0.3 is 0 Å². The Morgan fingerprint density at radius 2 is 1.95 bits per heavy atom. The van der Waals surface area contributed by atoms with Crippen molar-refractivity contribution in [3.8, 4) is 0 Å². The summed E-state index contributed by atoms with van der Waals surface area (Å²) in [4.78, 5) is 12.1. The topological polar surface area (TPSA) is 78.5 Å². The molecule has 8 heteroatoms. The normalized spacial score (nSPS) is 12.0. The van der Waals surface area contributed by atoms with Crippen LogP contribution in [-0.2, 0) is 10.0 Å². The lowest BCUT2D eigenvalue weighted by molar-refractivity contribution is 0.0856. The smallest absolute Gasteiger partial charge is 0.266 e. The Kier molecular flexibility index (Phi) is 6.33. The van der Waals surface area contributed by atoms with E-state index in [0.717, 1.165) is 0 Å². The number of sulfonamides is 1. The Labute approximate surface area is 134 Å². The first-order valence-electron chi connectivity index (χ1n) is 6.41. The minimum atomic E-state index is -3.62. The number of carbonyl (C=O) groups excluding carboxylic acids is 1. The summed E-state index contributed by atoms with van der Waals surface area (Å²) in [6, 6.07) is 4.36. The summed E-state index contributed by atoms with van der Waals surface area (Å²) in [5.41, 5.74) is 2.84. The molecule has 1 amide bonds. The number of nitrogens with one attached hydrogen (secondary N) is 2. The standard InChI is InChI=1S/C13H20BrN3O3S/c1-9(2)8-15-21(19,20)10-5-6-12(14)11(7-10)13(18)16-17(3)4/h5-7,9,15H,8H2,1-4H3,(H,16,18). The molecule has 0 heterocycles. The number of carbonyl (C=O) groups is 1. The molecular formula is C13H20BrN3O3S. The minimum absolute atomic E-state index is 0.0651. The number of hydrogen-bond acceptors (Lipinski definition) is 4. The van der Waals surface area contributed by atoms with E-state index in [1.807, 2.05) is 13.8 Å². The number of halogens is 1. The van der Waals surface area contributed by atoms with E-state index in [1.165, 1.54) is 17.1 Å². The Hall–Kier alpha value is -0.960. The van der Waals surface area contributed by atoms with Gasteiger partial charge < -0.3 is 0 Å². The van der Waals surface area contributed by atoms with Crippen molar-refractivity contribution in [2.75, 3.05) is 20.6 Å². The van der Waals surface area contributed by atoms with Crippen LogP contribution in [0.25, 0.3) is 0 Å². The number of amides is 1. The second kappa shape index (κ2) is 7.35. The highest BCUT2D eigenvalue weighted by Gasteiger charge is 2.18. The van der Waals surface area contributed by atoms with Crippen molar-refractivity contribution in [3.63, 3.8) is 0 Å². The maximum atomic E-state index is 12.2. The van der Waals surface area contributed by atoms with Crippen molar-refractivity contribution in [3.05, 3.63) is 28.2 Å². The summed E-state index contributed by atoms with van der Waals surface area (Å²) in [6.45, 7) is 4.18. The van der Waals surface area contributed by atoms with E-state index in [-0.39, 0.29) is 22.3 Å². The lowest BCUT2D eigenvalue weighted by Crippen LogP contribution is -2.36. The monoisotopic (exact) mass is 377 g/mol. The highest BCUT2D eigenvalue weighted by molar-refractivity contribution is 9.10. The summed E-state index contributed by atoms with van der Waals surface area (Å²) < 4.78 is 27.4. The van der Waals surface area contributed by atoms with E-state index >= 15 is 0 Å². The van der Waals surface area contributed by atoms with Gasteiger partial charge in [0, 0.05) is 25.1 Å². The molecule has 6 nitrogen and oxygen atoms in total. The second-order valence-electron chi connectivity index (χ2n) is 5.22. The van der Waals surface area contributed by atoms with Crippen molar-refractivity contribution < 1.29 is 13.2 Å². The molecular weight excluding hydrogens is 358 g/mol. The predicted octanol–water partition coefficient (Wildman–Crippen LogP) is 1.59. The summed E-state index contributed by atoms with van der Waals surface area (Å²) in [7, 11) is -0.267. The van der Waals surface area contributed by atoms with Gasteiger partial charge in [-0.3, -0.25) is 10.2 Å². The van der Waals surface area contributed by atoms with Crippen molar-refractivity contribution >= 4 is 31.9 Å². The van der Waals surface area contributed by atoms with Gasteiger partial charge in [0.25, 0.3) is 5.91 Å². The lowest BCUT2D eigenvalue weighted by Gasteiger charge is -2.14. The molecule has 0 atom stereocenters. The molecule has 0 spiro atoms. The number of benzene rings is 1. The van der Waals surface area contributed by atoms with Crippen LogP contribution in [0.4, 0.5) is 0 Å². The van der Waals surface area contributed by atoms with E-state index in [0.29, 0.717) is 11.0 Å². The van der Waals surface area contributed by atoms with E-state index in [4.69, 9.17) is 0 Å². The molecule has 1 aromatic carbocycles. The van der Waals surface area contributed by atoms with Gasteiger partial charge in [0.05, 0.1) is 10.5 Å². The molecule has 0 bridgehead atoms. The number of hydrazine groups is 1. The quantitative estimate of drug-likeness (QED) is 0.737.